The summed E-state index contributed by atoms with van der Waals surface area (Å²) < 4.78 is 2.12. The van der Waals surface area contributed by atoms with Gasteiger partial charge < -0.3 is 0 Å². The molecule has 1 heterocycles. The number of hydrogen-bond acceptors (Lipinski definition) is 4. The Balaban J connectivity index is 1.93. The highest BCUT2D eigenvalue weighted by Crippen LogP contribution is 2.17. The van der Waals surface area contributed by atoms with Crippen LogP contribution in [0.3, 0.4) is 0 Å². The molecule has 3 aromatic rings. The molecule has 6 nitrogen and oxygen atoms in total. The van der Waals surface area contributed by atoms with Crippen LogP contribution in [0.5, 0.6) is 0 Å². The molecule has 0 amide bonds. The zero-order valence-electron chi connectivity index (χ0n) is 13.2. The largest absolute Gasteiger partial charge is 0.368 e. The fourth-order valence-corrected chi connectivity index (χ4v) is 2.62. The van der Waals surface area contributed by atoms with Crippen LogP contribution in [0, 0.1) is 13.8 Å². The van der Waals surface area contributed by atoms with E-state index in [2.05, 4.69) is 10.4 Å². The summed E-state index contributed by atoms with van der Waals surface area (Å²) in [6.07, 6.45) is 0. The number of nitrogens with zero attached hydrogens (tertiary/aromatic N) is 4. The van der Waals surface area contributed by atoms with E-state index in [1.165, 1.54) is 0 Å². The predicted molar refractivity (Wildman–Crippen MR) is 90.9 cm³/mol. The lowest BCUT2D eigenvalue weighted by atomic mass is 10.0. The van der Waals surface area contributed by atoms with Gasteiger partial charge in [-0.15, -0.1) is 0 Å². The number of Topliss-reactive ketones (excluding diaryl/α,β-unsaturated/α-hetero) is 1. The molecule has 0 saturated heterocycles. The van der Waals surface area contributed by atoms with Crippen molar-refractivity contribution in [1.82, 2.24) is 19.8 Å². The molecule has 0 bridgehead atoms. The Hall–Kier alpha value is -2.73. The summed E-state index contributed by atoms with van der Waals surface area (Å²) in [4.78, 5) is 24.9. The van der Waals surface area contributed by atoms with E-state index in [0.29, 0.717) is 16.3 Å². The third-order valence-electron chi connectivity index (χ3n) is 3.71. The van der Waals surface area contributed by atoms with Crippen LogP contribution in [0.4, 0.5) is 0 Å². The van der Waals surface area contributed by atoms with Crippen LogP contribution >= 0.6 is 11.6 Å². The van der Waals surface area contributed by atoms with Gasteiger partial charge in [0.2, 0.25) is 0 Å². The molecular weight excluding hydrogens is 328 g/mol. The van der Waals surface area contributed by atoms with Crippen molar-refractivity contribution < 1.29 is 4.79 Å². The molecule has 0 N–H and O–H groups in total. The van der Waals surface area contributed by atoms with Crippen LogP contribution < -0.4 is 5.69 Å². The molecule has 0 spiro atoms. The third kappa shape index (κ3) is 3.00. The van der Waals surface area contributed by atoms with Crippen LogP contribution in [0.1, 0.15) is 21.5 Å². The lowest BCUT2D eigenvalue weighted by Crippen LogP contribution is -2.27. The van der Waals surface area contributed by atoms with Crippen LogP contribution in [0.15, 0.2) is 47.3 Å². The number of ketones is 1. The normalized spacial score (nSPS) is 10.8. The van der Waals surface area contributed by atoms with Gasteiger partial charge in [-0.2, -0.15) is 9.36 Å². The highest BCUT2D eigenvalue weighted by atomic mass is 35.5. The summed E-state index contributed by atoms with van der Waals surface area (Å²) in [6.45, 7) is 3.60. The van der Waals surface area contributed by atoms with Crippen LogP contribution in [0.2, 0.25) is 5.02 Å². The van der Waals surface area contributed by atoms with E-state index in [-0.39, 0.29) is 12.3 Å². The van der Waals surface area contributed by atoms with E-state index in [9.17, 15) is 9.59 Å². The summed E-state index contributed by atoms with van der Waals surface area (Å²) in [5, 5.41) is 7.98. The number of hydrogen-bond donors (Lipinski definition) is 0. The smallest absolute Gasteiger partial charge is 0.292 e. The van der Waals surface area contributed by atoms with Crippen molar-refractivity contribution in [3.05, 3.63) is 74.7 Å². The minimum absolute atomic E-state index is 0.173. The quantitative estimate of drug-likeness (QED) is 0.683. The molecule has 0 fully saturated rings. The monoisotopic (exact) mass is 342 g/mol. The molecule has 0 radical (unpaired) electrons. The van der Waals surface area contributed by atoms with Crippen LogP contribution in [-0.4, -0.2) is 25.6 Å². The first kappa shape index (κ1) is 16.1. The van der Waals surface area contributed by atoms with E-state index < -0.39 is 5.69 Å². The number of para-hydroxylation sites is 1. The lowest BCUT2D eigenvalue weighted by Gasteiger charge is -2.05. The van der Waals surface area contributed by atoms with Gasteiger partial charge in [-0.3, -0.25) is 4.79 Å². The molecule has 0 aliphatic rings. The number of aromatic nitrogens is 4. The third-order valence-corrected chi connectivity index (χ3v) is 4.03. The van der Waals surface area contributed by atoms with Crippen molar-refractivity contribution in [2.24, 2.45) is 0 Å². The first-order chi connectivity index (χ1) is 11.5. The van der Waals surface area contributed by atoms with Gasteiger partial charge >= 0.3 is 5.69 Å². The van der Waals surface area contributed by atoms with E-state index in [1.54, 1.807) is 30.3 Å². The van der Waals surface area contributed by atoms with Gasteiger partial charge in [-0.25, -0.2) is 4.79 Å². The van der Waals surface area contributed by atoms with Gasteiger partial charge in [-0.1, -0.05) is 41.4 Å². The number of aryl methyl sites for hydroxylation is 2. The van der Waals surface area contributed by atoms with E-state index in [4.69, 9.17) is 11.6 Å². The maximum atomic E-state index is 12.5. The topological polar surface area (TPSA) is 69.8 Å². The minimum atomic E-state index is -0.512. The first-order valence-corrected chi connectivity index (χ1v) is 7.73. The van der Waals surface area contributed by atoms with Gasteiger partial charge in [0.1, 0.15) is 6.54 Å². The molecule has 0 saturated carbocycles. The molecular formula is C17H15ClN4O2. The minimum Gasteiger partial charge on any atom is -0.292 e. The second kappa shape index (κ2) is 6.41. The summed E-state index contributed by atoms with van der Waals surface area (Å²) in [5.74, 6) is -0.190. The highest BCUT2D eigenvalue weighted by molar-refractivity contribution is 6.32. The Morgan fingerprint density at radius 2 is 1.88 bits per heavy atom. The first-order valence-electron chi connectivity index (χ1n) is 7.35. The fraction of sp³-hybridized carbons (Fsp3) is 0.176. The maximum absolute atomic E-state index is 12.5. The Bertz CT molecular complexity index is 975. The number of rotatable bonds is 4. The summed E-state index contributed by atoms with van der Waals surface area (Å²) >= 11 is 6.08. The molecule has 24 heavy (non-hydrogen) atoms. The second-order valence-electron chi connectivity index (χ2n) is 5.52. The van der Waals surface area contributed by atoms with Gasteiger partial charge in [0.05, 0.1) is 10.7 Å². The van der Waals surface area contributed by atoms with E-state index in [0.717, 1.165) is 20.5 Å². The van der Waals surface area contributed by atoms with Gasteiger partial charge in [0, 0.05) is 5.56 Å². The lowest BCUT2D eigenvalue weighted by molar-refractivity contribution is 0.0965. The molecule has 0 atom stereocenters. The molecule has 1 aromatic heterocycles. The maximum Gasteiger partial charge on any atom is 0.368 e. The van der Waals surface area contributed by atoms with Crippen molar-refractivity contribution in [1.29, 1.82) is 0 Å². The Labute approximate surface area is 143 Å². The van der Waals surface area contributed by atoms with Crippen molar-refractivity contribution in [3.8, 4) is 5.69 Å². The molecule has 3 rings (SSSR count). The molecule has 122 valence electrons. The van der Waals surface area contributed by atoms with E-state index in [1.807, 2.05) is 26.0 Å². The molecule has 0 aliphatic carbocycles. The Morgan fingerprint density at radius 3 is 2.62 bits per heavy atom. The second-order valence-corrected chi connectivity index (χ2v) is 5.93. The molecule has 7 heteroatoms. The van der Waals surface area contributed by atoms with Gasteiger partial charge in [0.25, 0.3) is 0 Å². The zero-order valence-corrected chi connectivity index (χ0v) is 14.0. The predicted octanol–water partition coefficient (Wildman–Crippen LogP) is 2.58. The number of carbonyl (C=O) groups excluding carboxylic acids is 1. The Kier molecular flexibility index (Phi) is 4.31. The summed E-state index contributed by atoms with van der Waals surface area (Å²) in [5.41, 5.74) is 2.33. The Morgan fingerprint density at radius 1 is 1.12 bits per heavy atom. The van der Waals surface area contributed by atoms with Crippen molar-refractivity contribution in [2.45, 2.75) is 20.4 Å². The molecule has 0 aliphatic heterocycles. The van der Waals surface area contributed by atoms with Gasteiger partial charge in [-0.05, 0) is 48.0 Å². The number of carbonyl (C=O) groups is 1. The molecule has 0 unspecified atom stereocenters. The van der Waals surface area contributed by atoms with Crippen LogP contribution in [0.25, 0.3) is 5.69 Å². The standard InChI is InChI=1S/C17H15ClN4O2/c1-11-7-8-12(2)13(9-11)16(23)10-21-17(24)22(20-19-21)15-6-4-3-5-14(15)18/h3-9H,10H2,1-2H3. The number of tetrazole rings is 1. The van der Waals surface area contributed by atoms with Crippen molar-refractivity contribution >= 4 is 17.4 Å². The summed E-state index contributed by atoms with van der Waals surface area (Å²) in [6, 6.07) is 12.4. The van der Waals surface area contributed by atoms with Crippen molar-refractivity contribution in [3.63, 3.8) is 0 Å². The number of halogens is 1. The zero-order chi connectivity index (χ0) is 17.3. The average molecular weight is 343 g/mol. The fourth-order valence-electron chi connectivity index (χ4n) is 2.41. The van der Waals surface area contributed by atoms with Crippen LogP contribution in [-0.2, 0) is 6.54 Å². The van der Waals surface area contributed by atoms with Gasteiger partial charge in [0.15, 0.2) is 5.78 Å². The summed E-state index contributed by atoms with van der Waals surface area (Å²) in [7, 11) is 0. The molecule has 2 aromatic carbocycles. The number of benzene rings is 2. The van der Waals surface area contributed by atoms with Crippen molar-refractivity contribution in [2.75, 3.05) is 0 Å². The van der Waals surface area contributed by atoms with E-state index >= 15 is 0 Å². The SMILES string of the molecule is Cc1ccc(C)c(C(=O)Cn2nnn(-c3ccccc3Cl)c2=O)c1. The average Bonchev–Trinajstić information content (AvgIpc) is 2.91. The highest BCUT2D eigenvalue weighted by Gasteiger charge is 2.16.